The average molecular weight is 236 g/mol. The summed E-state index contributed by atoms with van der Waals surface area (Å²) in [5, 5.41) is 0. The van der Waals surface area contributed by atoms with Gasteiger partial charge in [0.1, 0.15) is 5.75 Å². The number of hydrogen-bond acceptors (Lipinski definition) is 4. The van der Waals surface area contributed by atoms with Crippen LogP contribution in [0.1, 0.15) is 6.42 Å². The highest BCUT2D eigenvalue weighted by Crippen LogP contribution is 2.29. The van der Waals surface area contributed by atoms with E-state index in [2.05, 4.69) is 4.90 Å². The lowest BCUT2D eigenvalue weighted by Crippen LogP contribution is -2.21. The van der Waals surface area contributed by atoms with Gasteiger partial charge in [0.2, 0.25) is 0 Å². The van der Waals surface area contributed by atoms with Gasteiger partial charge in [-0.2, -0.15) is 0 Å². The fourth-order valence-electron chi connectivity index (χ4n) is 2.35. The third-order valence-electron chi connectivity index (χ3n) is 3.20. The first-order valence-corrected chi connectivity index (χ1v) is 5.91. The van der Waals surface area contributed by atoms with Crippen LogP contribution in [0.4, 0.5) is 11.4 Å². The number of nitrogens with zero attached hydrogens (tertiary/aromatic N) is 1. The van der Waals surface area contributed by atoms with E-state index in [1.54, 1.807) is 14.2 Å². The second-order valence-corrected chi connectivity index (χ2v) is 4.52. The van der Waals surface area contributed by atoms with Gasteiger partial charge in [-0.3, -0.25) is 0 Å². The second kappa shape index (κ2) is 5.27. The van der Waals surface area contributed by atoms with Gasteiger partial charge in [-0.25, -0.2) is 0 Å². The van der Waals surface area contributed by atoms with E-state index in [9.17, 15) is 0 Å². The average Bonchev–Trinajstić information content (AvgIpc) is 2.77. The highest BCUT2D eigenvalue weighted by Gasteiger charge is 2.22. The van der Waals surface area contributed by atoms with Crippen LogP contribution in [0.3, 0.4) is 0 Å². The normalized spacial score (nSPS) is 19.6. The number of rotatable bonds is 4. The van der Waals surface area contributed by atoms with E-state index in [0.717, 1.165) is 36.8 Å². The van der Waals surface area contributed by atoms with E-state index in [-0.39, 0.29) is 0 Å². The topological polar surface area (TPSA) is 47.7 Å². The Morgan fingerprint density at radius 2 is 2.18 bits per heavy atom. The Morgan fingerprint density at radius 1 is 1.35 bits per heavy atom. The Morgan fingerprint density at radius 3 is 2.88 bits per heavy atom. The molecule has 94 valence electrons. The first kappa shape index (κ1) is 12.0. The van der Waals surface area contributed by atoms with Crippen molar-refractivity contribution < 1.29 is 9.47 Å². The molecule has 0 spiro atoms. The highest BCUT2D eigenvalue weighted by molar-refractivity contribution is 5.61. The summed E-state index contributed by atoms with van der Waals surface area (Å²) in [6.45, 7) is 2.91. The quantitative estimate of drug-likeness (QED) is 0.809. The number of nitrogens with two attached hydrogens (primary N) is 1. The molecule has 2 rings (SSSR count). The maximum atomic E-state index is 5.86. The van der Waals surface area contributed by atoms with Gasteiger partial charge in [-0.05, 0) is 12.5 Å². The summed E-state index contributed by atoms with van der Waals surface area (Å²) in [5.74, 6) is 1.43. The van der Waals surface area contributed by atoms with Gasteiger partial charge in [-0.1, -0.05) is 0 Å². The summed E-state index contributed by atoms with van der Waals surface area (Å²) >= 11 is 0. The third-order valence-corrected chi connectivity index (χ3v) is 3.20. The van der Waals surface area contributed by atoms with Crippen molar-refractivity contribution in [1.82, 2.24) is 0 Å². The second-order valence-electron chi connectivity index (χ2n) is 4.52. The first-order valence-electron chi connectivity index (χ1n) is 5.91. The number of benzene rings is 1. The molecule has 1 heterocycles. The molecule has 4 nitrogen and oxygen atoms in total. The first-order chi connectivity index (χ1) is 8.22. The molecule has 1 saturated heterocycles. The largest absolute Gasteiger partial charge is 0.497 e. The van der Waals surface area contributed by atoms with Gasteiger partial charge in [0.15, 0.2) is 0 Å². The zero-order valence-corrected chi connectivity index (χ0v) is 10.5. The van der Waals surface area contributed by atoms with Crippen LogP contribution in [0, 0.1) is 5.92 Å². The van der Waals surface area contributed by atoms with E-state index in [1.165, 1.54) is 6.42 Å². The number of hydrogen-bond donors (Lipinski definition) is 1. The third kappa shape index (κ3) is 2.82. The molecule has 1 aliphatic heterocycles. The van der Waals surface area contributed by atoms with Gasteiger partial charge in [0, 0.05) is 49.6 Å². The van der Waals surface area contributed by atoms with E-state index in [4.69, 9.17) is 15.2 Å². The summed E-state index contributed by atoms with van der Waals surface area (Å²) in [7, 11) is 3.42. The Hall–Kier alpha value is -1.42. The van der Waals surface area contributed by atoms with Crippen LogP contribution in [-0.2, 0) is 4.74 Å². The molecule has 0 aromatic heterocycles. The van der Waals surface area contributed by atoms with Gasteiger partial charge in [0.05, 0.1) is 13.7 Å². The Labute approximate surface area is 102 Å². The molecule has 0 aliphatic carbocycles. The Balaban J connectivity index is 2.10. The predicted molar refractivity (Wildman–Crippen MR) is 69.6 cm³/mol. The maximum absolute atomic E-state index is 5.86. The Bertz CT molecular complexity index is 382. The lowest BCUT2D eigenvalue weighted by molar-refractivity contribution is 0.161. The monoisotopic (exact) mass is 236 g/mol. The molecule has 0 bridgehead atoms. The maximum Gasteiger partial charge on any atom is 0.122 e. The van der Waals surface area contributed by atoms with Crippen molar-refractivity contribution in [2.45, 2.75) is 6.42 Å². The van der Waals surface area contributed by atoms with Gasteiger partial charge < -0.3 is 20.1 Å². The Kier molecular flexibility index (Phi) is 3.74. The van der Waals surface area contributed by atoms with Crippen LogP contribution in [0.5, 0.6) is 5.75 Å². The predicted octanol–water partition coefficient (Wildman–Crippen LogP) is 1.75. The summed E-state index contributed by atoms with van der Waals surface area (Å²) in [4.78, 5) is 2.34. The molecule has 0 amide bonds. The van der Waals surface area contributed by atoms with Gasteiger partial charge >= 0.3 is 0 Å². The summed E-state index contributed by atoms with van der Waals surface area (Å²) in [6, 6.07) is 5.87. The van der Waals surface area contributed by atoms with E-state index < -0.39 is 0 Å². The lowest BCUT2D eigenvalue weighted by Gasteiger charge is -2.20. The summed E-state index contributed by atoms with van der Waals surface area (Å²) in [5.41, 5.74) is 7.75. The van der Waals surface area contributed by atoms with Crippen molar-refractivity contribution in [2.24, 2.45) is 5.92 Å². The van der Waals surface area contributed by atoms with Crippen molar-refractivity contribution in [2.75, 3.05) is 44.5 Å². The summed E-state index contributed by atoms with van der Waals surface area (Å²) in [6.07, 6.45) is 1.17. The molecular formula is C13H20N2O2. The van der Waals surface area contributed by atoms with Crippen molar-refractivity contribution in [3.05, 3.63) is 18.2 Å². The standard InChI is InChI=1S/C13H20N2O2/c1-16-9-10-3-4-15(8-10)12-5-11(14)6-13(7-12)17-2/h5-7,10H,3-4,8-9,14H2,1-2H3. The lowest BCUT2D eigenvalue weighted by atomic mass is 10.1. The molecule has 1 aromatic rings. The zero-order valence-electron chi connectivity index (χ0n) is 10.5. The van der Waals surface area contributed by atoms with Crippen molar-refractivity contribution in [3.8, 4) is 5.75 Å². The molecule has 17 heavy (non-hydrogen) atoms. The van der Waals surface area contributed by atoms with Crippen LogP contribution in [-0.4, -0.2) is 33.9 Å². The van der Waals surface area contributed by atoms with E-state index in [0.29, 0.717) is 5.92 Å². The molecule has 1 unspecified atom stereocenters. The molecular weight excluding hydrogens is 216 g/mol. The molecule has 0 saturated carbocycles. The molecule has 1 atom stereocenters. The molecule has 1 aliphatic rings. The number of ether oxygens (including phenoxy) is 2. The number of methoxy groups -OCH3 is 2. The van der Waals surface area contributed by atoms with Crippen LogP contribution < -0.4 is 15.4 Å². The van der Waals surface area contributed by atoms with Gasteiger partial charge in [0.25, 0.3) is 0 Å². The molecule has 0 radical (unpaired) electrons. The fraction of sp³-hybridized carbons (Fsp3) is 0.538. The van der Waals surface area contributed by atoms with Crippen LogP contribution in [0.2, 0.25) is 0 Å². The zero-order chi connectivity index (χ0) is 12.3. The van der Waals surface area contributed by atoms with Crippen molar-refractivity contribution in [3.63, 3.8) is 0 Å². The fourth-order valence-corrected chi connectivity index (χ4v) is 2.35. The van der Waals surface area contributed by atoms with E-state index >= 15 is 0 Å². The molecule has 2 N–H and O–H groups in total. The minimum Gasteiger partial charge on any atom is -0.497 e. The number of anilines is 2. The summed E-state index contributed by atoms with van der Waals surface area (Å²) < 4.78 is 10.4. The minimum atomic E-state index is 0.618. The van der Waals surface area contributed by atoms with Crippen molar-refractivity contribution >= 4 is 11.4 Å². The smallest absolute Gasteiger partial charge is 0.122 e. The van der Waals surface area contributed by atoms with E-state index in [1.807, 2.05) is 18.2 Å². The van der Waals surface area contributed by atoms with Crippen LogP contribution >= 0.6 is 0 Å². The SMILES string of the molecule is COCC1CCN(c2cc(N)cc(OC)c2)C1. The number of nitrogen functional groups attached to an aromatic ring is 1. The highest BCUT2D eigenvalue weighted by atomic mass is 16.5. The van der Waals surface area contributed by atoms with Crippen LogP contribution in [0.25, 0.3) is 0 Å². The molecule has 1 aromatic carbocycles. The van der Waals surface area contributed by atoms with Crippen LogP contribution in [0.15, 0.2) is 18.2 Å². The van der Waals surface area contributed by atoms with Gasteiger partial charge in [-0.15, -0.1) is 0 Å². The molecule has 4 heteroatoms. The minimum absolute atomic E-state index is 0.618. The van der Waals surface area contributed by atoms with Crippen molar-refractivity contribution in [1.29, 1.82) is 0 Å². The molecule has 1 fully saturated rings.